The minimum atomic E-state index is -0.833. The van der Waals surface area contributed by atoms with E-state index in [1.165, 1.54) is 32.3 Å². The fourth-order valence-electron chi connectivity index (χ4n) is 2.80. The molecular formula is C22H42AuO9PS-. The van der Waals surface area contributed by atoms with Gasteiger partial charge >= 0.3 is 11.9 Å². The summed E-state index contributed by atoms with van der Waals surface area (Å²) in [6.07, 6.45) is 7.15. The predicted octanol–water partition coefficient (Wildman–Crippen LogP) is 3.96. The molecular weight excluding hydrogens is 668 g/mol. The Balaban J connectivity index is -0.000000211. The largest absolute Gasteiger partial charge is 0.761 e. The van der Waals surface area contributed by atoms with E-state index in [1.807, 2.05) is 0 Å². The maximum atomic E-state index is 10.8. The number of ether oxygens (including phenoxy) is 3. The molecule has 0 spiro atoms. The zero-order valence-electron chi connectivity index (χ0n) is 21.5. The number of carboxylic acid groups (broad SMARTS) is 2. The van der Waals surface area contributed by atoms with Gasteiger partial charge in [-0.3, -0.25) is 19.2 Å². The van der Waals surface area contributed by atoms with Crippen LogP contribution in [0.5, 0.6) is 0 Å². The summed E-state index contributed by atoms with van der Waals surface area (Å²) < 4.78 is 15.3. The monoisotopic (exact) mass is 710 g/mol. The number of carboxylic acids is 2. The third kappa shape index (κ3) is 27.6. The van der Waals surface area contributed by atoms with Crippen molar-refractivity contribution in [1.29, 1.82) is 0 Å². The number of rotatable bonds is 7. The normalized spacial score (nSPS) is 18.6. The third-order valence-electron chi connectivity index (χ3n) is 4.57. The molecule has 34 heavy (non-hydrogen) atoms. The summed E-state index contributed by atoms with van der Waals surface area (Å²) in [5.74, 6) is -2.36. The number of hydrogen-bond donors (Lipinski definition) is 2. The van der Waals surface area contributed by atoms with E-state index in [2.05, 4.69) is 33.9 Å². The van der Waals surface area contributed by atoms with Crippen molar-refractivity contribution in [3.8, 4) is 0 Å². The zero-order chi connectivity index (χ0) is 26.6. The van der Waals surface area contributed by atoms with Crippen LogP contribution >= 0.6 is 7.26 Å². The molecule has 1 radical (unpaired) electrons. The second-order valence-corrected chi connectivity index (χ2v) is 12.5. The van der Waals surface area contributed by atoms with Crippen LogP contribution in [0.15, 0.2) is 0 Å². The molecule has 9 nitrogen and oxygen atoms in total. The van der Waals surface area contributed by atoms with Gasteiger partial charge in [0, 0.05) is 75.0 Å². The van der Waals surface area contributed by atoms with Crippen molar-refractivity contribution in [2.24, 2.45) is 0 Å². The summed E-state index contributed by atoms with van der Waals surface area (Å²) in [7, 11) is -0.545. The molecule has 1 rings (SSSR count). The molecule has 0 aromatic rings. The number of carbonyl (C=O) groups excluding carboxylic acids is 2. The van der Waals surface area contributed by atoms with Crippen LogP contribution < -0.4 is 0 Å². The second-order valence-electron chi connectivity index (χ2n) is 7.16. The maximum Gasteiger partial charge on any atom is 0.302 e. The van der Waals surface area contributed by atoms with Crippen LogP contribution in [0.4, 0.5) is 0 Å². The molecule has 1 aliphatic heterocycles. The third-order valence-corrected chi connectivity index (χ3v) is 9.75. The Kier molecular flexibility index (Phi) is 28.7. The molecule has 0 bridgehead atoms. The average Bonchev–Trinajstić information content (AvgIpc) is 2.67. The number of carbonyl (C=O) groups is 4. The van der Waals surface area contributed by atoms with Crippen LogP contribution in [0, 0.1) is 6.16 Å². The second kappa shape index (κ2) is 24.1. The molecule has 0 aromatic carbocycles. The van der Waals surface area contributed by atoms with Gasteiger partial charge in [0.25, 0.3) is 11.9 Å². The van der Waals surface area contributed by atoms with Crippen LogP contribution in [-0.2, 0) is 68.4 Å². The van der Waals surface area contributed by atoms with Gasteiger partial charge in [0.05, 0.1) is 6.10 Å². The molecule has 3 atom stereocenters. The smallest absolute Gasteiger partial charge is 0.302 e. The van der Waals surface area contributed by atoms with Gasteiger partial charge in [0.15, 0.2) is 0 Å². The topological polar surface area (TPSA) is 136 Å². The molecule has 3 unspecified atom stereocenters. The van der Waals surface area contributed by atoms with E-state index < -0.39 is 24.6 Å². The zero-order valence-corrected chi connectivity index (χ0v) is 25.3. The summed E-state index contributed by atoms with van der Waals surface area (Å²) in [5, 5.41) is 14.8. The molecule has 1 saturated heterocycles. The van der Waals surface area contributed by atoms with Crippen LogP contribution in [0.2, 0.25) is 0 Å². The predicted molar refractivity (Wildman–Crippen MR) is 133 cm³/mol. The van der Waals surface area contributed by atoms with E-state index in [4.69, 9.17) is 46.6 Å². The van der Waals surface area contributed by atoms with Crippen LogP contribution in [-0.4, -0.2) is 76.8 Å². The first-order valence-electron chi connectivity index (χ1n) is 10.9. The molecule has 0 aromatic heterocycles. The van der Waals surface area contributed by atoms with Gasteiger partial charge in [-0.2, -0.15) is 13.1 Å². The van der Waals surface area contributed by atoms with Crippen molar-refractivity contribution in [1.82, 2.24) is 0 Å². The number of esters is 2. The molecule has 0 amide bonds. The molecule has 1 heterocycles. The van der Waals surface area contributed by atoms with Crippen molar-refractivity contribution in [2.45, 2.75) is 85.9 Å². The van der Waals surface area contributed by atoms with Gasteiger partial charge in [0.1, 0.15) is 12.7 Å². The van der Waals surface area contributed by atoms with Crippen LogP contribution in [0.3, 0.4) is 0 Å². The molecule has 0 aliphatic carbocycles. The van der Waals surface area contributed by atoms with Crippen LogP contribution in [0.25, 0.3) is 0 Å². The van der Waals surface area contributed by atoms with Gasteiger partial charge in [-0.25, -0.2) is 0 Å². The van der Waals surface area contributed by atoms with Gasteiger partial charge in [0.2, 0.25) is 0 Å². The first-order valence-corrected chi connectivity index (χ1v) is 13.7. The summed E-state index contributed by atoms with van der Waals surface area (Å²) in [5.41, 5.74) is -0.404. The Bertz CT molecular complexity index is 537. The first kappa shape index (κ1) is 40.5. The number of aliphatic carboxylic acids is 2. The molecule has 12 heteroatoms. The van der Waals surface area contributed by atoms with Crippen molar-refractivity contribution < 1.29 is 66.0 Å². The Morgan fingerprint density at radius 3 is 1.62 bits per heavy atom. The van der Waals surface area contributed by atoms with Crippen molar-refractivity contribution in [3.63, 3.8) is 0 Å². The summed E-state index contributed by atoms with van der Waals surface area (Å²) in [6, 6.07) is 0. The van der Waals surface area contributed by atoms with E-state index in [9.17, 15) is 9.59 Å². The average molecular weight is 711 g/mol. The summed E-state index contributed by atoms with van der Waals surface area (Å²) >= 11 is 5.02. The Morgan fingerprint density at radius 1 is 0.941 bits per heavy atom. The summed E-state index contributed by atoms with van der Waals surface area (Å²) in [4.78, 5) is 39.4. The van der Waals surface area contributed by atoms with E-state index in [-0.39, 0.29) is 53.1 Å². The van der Waals surface area contributed by atoms with Gasteiger partial charge < -0.3 is 37.1 Å². The molecule has 207 valence electrons. The van der Waals surface area contributed by atoms with Crippen molar-refractivity contribution >= 4 is 43.8 Å². The quantitative estimate of drug-likeness (QED) is 0.131. The van der Waals surface area contributed by atoms with Crippen molar-refractivity contribution in [3.05, 3.63) is 6.16 Å². The Labute approximate surface area is 226 Å². The SMILES string of the molecule is CC(=O)O.CC(=O)O.CC(=O)OCC1CC(OC(C)=O)CC([S-])O1.C[CH-][P+](CC)(CC)CC.[Au]. The van der Waals surface area contributed by atoms with Crippen LogP contribution in [0.1, 0.15) is 68.2 Å². The number of hydrogen-bond acceptors (Lipinski definition) is 8. The summed E-state index contributed by atoms with van der Waals surface area (Å²) in [6.45, 7) is 14.2. The van der Waals surface area contributed by atoms with E-state index >= 15 is 0 Å². The van der Waals surface area contributed by atoms with E-state index in [1.54, 1.807) is 0 Å². The molecule has 1 fully saturated rings. The van der Waals surface area contributed by atoms with Gasteiger partial charge in [-0.05, 0) is 27.2 Å². The molecule has 0 saturated carbocycles. The fraction of sp³-hybridized carbons (Fsp3) is 0.773. The van der Waals surface area contributed by atoms with E-state index in [0.29, 0.717) is 12.8 Å². The first-order chi connectivity index (χ1) is 15.2. The van der Waals surface area contributed by atoms with E-state index in [0.717, 1.165) is 13.8 Å². The Hall–Kier alpha value is -0.640. The fourth-order valence-corrected chi connectivity index (χ4v) is 5.61. The molecule has 1 aliphatic rings. The van der Waals surface area contributed by atoms with Gasteiger partial charge in [-0.15, -0.1) is 7.26 Å². The standard InChI is InChI=1S/C10H16O5S.C8H19P.2C2H4O2.Au/c1-6(11)13-5-9-3-8(14-7(2)12)4-10(16)15-9;1-5-9(6-2,7-3)8-4;2*1-2(3)4;/h8-10,16H,3-5H2,1-2H3;5H,6-8H2,1-4H3;2*1H3,(H,3,4);/p-1. The molecule has 2 N–H and O–H groups in total. The van der Waals surface area contributed by atoms with Gasteiger partial charge in [-0.1, -0.05) is 5.44 Å². The Morgan fingerprint density at radius 2 is 1.35 bits per heavy atom. The van der Waals surface area contributed by atoms with Crippen molar-refractivity contribution in [2.75, 3.05) is 25.1 Å². The maximum absolute atomic E-state index is 10.8. The minimum Gasteiger partial charge on any atom is -0.761 e. The minimum absolute atomic E-state index is 0.